The quantitative estimate of drug-likeness (QED) is 0.446. The van der Waals surface area contributed by atoms with Gasteiger partial charge in [0.1, 0.15) is 0 Å². The lowest BCUT2D eigenvalue weighted by Crippen LogP contribution is -2.29. The van der Waals surface area contributed by atoms with Crippen molar-refractivity contribution in [3.05, 3.63) is 65.6 Å². The minimum Gasteiger partial charge on any atom is -0.0915 e. The number of hydrogen-bond acceptors (Lipinski definition) is 0. The van der Waals surface area contributed by atoms with E-state index in [9.17, 15) is 0 Å². The Morgan fingerprint density at radius 2 is 1.35 bits per heavy atom. The van der Waals surface area contributed by atoms with Crippen molar-refractivity contribution in [2.24, 2.45) is 0 Å². The van der Waals surface area contributed by atoms with Crippen LogP contribution in [0.4, 0.5) is 0 Å². The lowest BCUT2D eigenvalue weighted by molar-refractivity contribution is 0.872. The Morgan fingerprint density at radius 1 is 0.700 bits per heavy atom. The van der Waals surface area contributed by atoms with Crippen molar-refractivity contribution in [3.63, 3.8) is 0 Å². The third-order valence-electron chi connectivity index (χ3n) is 3.35. The van der Waals surface area contributed by atoms with E-state index in [1.165, 1.54) is 0 Å². The van der Waals surface area contributed by atoms with Gasteiger partial charge < -0.3 is 0 Å². The van der Waals surface area contributed by atoms with E-state index in [4.69, 9.17) is 58.0 Å². The molecule has 20 heavy (non-hydrogen) atoms. The predicted molar refractivity (Wildman–Crippen MR) is 88.1 cm³/mol. The van der Waals surface area contributed by atoms with E-state index < -0.39 is 8.13 Å². The summed E-state index contributed by atoms with van der Waals surface area (Å²) in [6, 6.07) is 13.7. The third-order valence-corrected chi connectivity index (χ3v) is 5.76. The first-order valence-electron chi connectivity index (χ1n) is 5.84. The molecule has 103 valence electrons. The second-order valence-electron chi connectivity index (χ2n) is 4.57. The zero-order chi connectivity index (χ0) is 14.5. The minimum atomic E-state index is -1.83. The van der Waals surface area contributed by atoms with Crippen molar-refractivity contribution in [3.8, 4) is 11.1 Å². The molecule has 0 atom stereocenters. The maximum absolute atomic E-state index is 6.31. The number of fused-ring (bicyclic) bond motifs is 3. The molecule has 0 amide bonds. The molecule has 0 heterocycles. The average Bonchev–Trinajstić information content (AvgIpc) is 2.75. The maximum Gasteiger partial charge on any atom is 0.227 e. The van der Waals surface area contributed by atoms with Crippen LogP contribution in [-0.4, -0.2) is 3.79 Å². The van der Waals surface area contributed by atoms with Crippen molar-refractivity contribution in [2.45, 2.75) is 8.13 Å². The van der Waals surface area contributed by atoms with Crippen LogP contribution in [0.25, 0.3) is 11.1 Å². The fourth-order valence-electron chi connectivity index (χ4n) is 2.41. The molecule has 5 heteroatoms. The summed E-state index contributed by atoms with van der Waals surface area (Å²) in [5, 5.41) is 0. The summed E-state index contributed by atoms with van der Waals surface area (Å²) in [4.78, 5) is 0. The van der Waals surface area contributed by atoms with Gasteiger partial charge >= 0.3 is 0 Å². The van der Waals surface area contributed by atoms with Gasteiger partial charge in [-0.1, -0.05) is 100 Å². The van der Waals surface area contributed by atoms with Gasteiger partial charge in [-0.15, -0.1) is 0 Å². The van der Waals surface area contributed by atoms with Crippen LogP contribution in [-0.2, 0) is 4.33 Å². The Labute approximate surface area is 142 Å². The molecule has 1 radical (unpaired) electrons. The van der Waals surface area contributed by atoms with Crippen molar-refractivity contribution < 1.29 is 0 Å². The fraction of sp³-hybridized carbons (Fsp3) is 0.133. The van der Waals surface area contributed by atoms with Crippen LogP contribution < -0.4 is 0 Å². The van der Waals surface area contributed by atoms with Crippen molar-refractivity contribution >= 4 is 58.0 Å². The first-order chi connectivity index (χ1) is 9.32. The highest BCUT2D eigenvalue weighted by Crippen LogP contribution is 2.55. The number of hydrogen-bond donors (Lipinski definition) is 0. The van der Waals surface area contributed by atoms with Crippen molar-refractivity contribution in [2.75, 3.05) is 0 Å². The highest BCUT2D eigenvalue weighted by Gasteiger charge is 2.49. The molecule has 0 saturated carbocycles. The molecule has 0 unspecified atom stereocenters. The Bertz CT molecular complexity index is 670. The lowest BCUT2D eigenvalue weighted by Gasteiger charge is -2.29. The van der Waals surface area contributed by atoms with E-state index >= 15 is 0 Å². The summed E-state index contributed by atoms with van der Waals surface area (Å²) >= 11 is 30.4. The Kier molecular flexibility index (Phi) is 3.68. The van der Waals surface area contributed by atoms with Crippen LogP contribution >= 0.6 is 58.0 Å². The molecule has 2 aromatic rings. The molecule has 0 spiro atoms. The van der Waals surface area contributed by atoms with Crippen LogP contribution in [0.2, 0.25) is 0 Å². The molecule has 1 aliphatic carbocycles. The van der Waals surface area contributed by atoms with E-state index in [1.807, 2.05) is 42.8 Å². The zero-order valence-corrected chi connectivity index (χ0v) is 13.8. The third kappa shape index (κ3) is 2.23. The van der Waals surface area contributed by atoms with Gasteiger partial charge in [0.2, 0.25) is 3.79 Å². The minimum absolute atomic E-state index is 0.592. The maximum atomic E-state index is 6.31. The summed E-state index contributed by atoms with van der Waals surface area (Å²) in [5.74, 6) is 0. The molecule has 3 rings (SSSR count). The van der Waals surface area contributed by atoms with Gasteiger partial charge in [-0.25, -0.2) is 0 Å². The van der Waals surface area contributed by atoms with E-state index in [1.54, 1.807) is 6.07 Å². The Balaban J connectivity index is 2.20. The molecule has 1 aliphatic rings. The molecule has 0 aliphatic heterocycles. The SMILES string of the molecule is ClC(Cl)(Cl)C(Cl)(Cl)c1cccc2c1[CH]c1ccccc1-2. The van der Waals surface area contributed by atoms with Crippen LogP contribution in [0, 0.1) is 6.42 Å². The van der Waals surface area contributed by atoms with Gasteiger partial charge in [0.05, 0.1) is 0 Å². The van der Waals surface area contributed by atoms with Gasteiger partial charge in [-0.3, -0.25) is 0 Å². The smallest absolute Gasteiger partial charge is 0.0915 e. The summed E-state index contributed by atoms with van der Waals surface area (Å²) < 4.78 is -3.45. The molecule has 0 bridgehead atoms. The highest BCUT2D eigenvalue weighted by atomic mass is 35.6. The number of rotatable bonds is 1. The normalized spacial score (nSPS) is 14.1. The molecular weight excluding hydrogens is 357 g/mol. The molecule has 0 saturated heterocycles. The van der Waals surface area contributed by atoms with Gasteiger partial charge in [0, 0.05) is 6.42 Å². The van der Waals surface area contributed by atoms with Crippen LogP contribution in [0.5, 0.6) is 0 Å². The van der Waals surface area contributed by atoms with Crippen LogP contribution in [0.15, 0.2) is 42.5 Å². The average molecular weight is 365 g/mol. The van der Waals surface area contributed by atoms with E-state index in [-0.39, 0.29) is 0 Å². The number of halogens is 5. The van der Waals surface area contributed by atoms with Gasteiger partial charge in [0.25, 0.3) is 0 Å². The molecule has 2 aromatic carbocycles. The summed E-state index contributed by atoms with van der Waals surface area (Å²) in [5.41, 5.74) is 4.75. The lowest BCUT2D eigenvalue weighted by atomic mass is 9.99. The predicted octanol–water partition coefficient (Wildman–Crippen LogP) is 6.27. The Morgan fingerprint density at radius 3 is 2.05 bits per heavy atom. The first-order valence-corrected chi connectivity index (χ1v) is 7.73. The largest absolute Gasteiger partial charge is 0.227 e. The monoisotopic (exact) mass is 363 g/mol. The van der Waals surface area contributed by atoms with E-state index in [0.717, 1.165) is 22.3 Å². The van der Waals surface area contributed by atoms with E-state index in [0.29, 0.717) is 5.56 Å². The fourth-order valence-corrected chi connectivity index (χ4v) is 3.04. The summed E-state index contributed by atoms with van der Waals surface area (Å²) in [6.07, 6.45) is 2.01. The first kappa shape index (κ1) is 14.8. The topological polar surface area (TPSA) is 0 Å². The summed E-state index contributed by atoms with van der Waals surface area (Å²) in [7, 11) is 0. The molecule has 0 aromatic heterocycles. The molecule has 0 fully saturated rings. The van der Waals surface area contributed by atoms with Crippen LogP contribution in [0.1, 0.15) is 16.7 Å². The number of alkyl halides is 5. The standard InChI is InChI=1S/C15H8Cl5/c16-14(17,15(18,19)20)13-7-3-6-11-10-5-2-1-4-9(10)8-12(11)13/h1-8H. The van der Waals surface area contributed by atoms with Crippen molar-refractivity contribution in [1.82, 2.24) is 0 Å². The summed E-state index contributed by atoms with van der Waals surface area (Å²) in [6.45, 7) is 0. The van der Waals surface area contributed by atoms with Gasteiger partial charge in [-0.2, -0.15) is 0 Å². The van der Waals surface area contributed by atoms with E-state index in [2.05, 4.69) is 0 Å². The molecule has 0 nitrogen and oxygen atoms in total. The zero-order valence-electron chi connectivity index (χ0n) is 10.0. The highest BCUT2D eigenvalue weighted by molar-refractivity contribution is 6.75. The Hall–Kier alpha value is -0.110. The second-order valence-corrected chi connectivity index (χ2v) is 8.18. The number of benzene rings is 2. The second kappa shape index (κ2) is 4.97. The van der Waals surface area contributed by atoms with Crippen LogP contribution in [0.3, 0.4) is 0 Å². The molecular formula is C15H8Cl5. The molecule has 0 N–H and O–H groups in total. The van der Waals surface area contributed by atoms with Gasteiger partial charge in [-0.05, 0) is 27.8 Å². The van der Waals surface area contributed by atoms with Gasteiger partial charge in [0.15, 0.2) is 4.33 Å². The van der Waals surface area contributed by atoms with Crippen molar-refractivity contribution in [1.29, 1.82) is 0 Å².